The standard InChI is InChI=1S/H7NO2SSi2/c2-4(3,6)1-5/h1H,5-6H3. The van der Waals surface area contributed by atoms with E-state index in [-0.39, 0.29) is 9.39 Å². The van der Waals surface area contributed by atoms with E-state index in [0.717, 1.165) is 0 Å². The highest BCUT2D eigenvalue weighted by Crippen LogP contribution is 1.59. The van der Waals surface area contributed by atoms with Gasteiger partial charge in [0.2, 0.25) is 0 Å². The third kappa shape index (κ3) is 4.34. The molecule has 1 N–H and O–H groups in total. The van der Waals surface area contributed by atoms with Crippen LogP contribution in [-0.2, 0) is 9.47 Å². The summed E-state index contributed by atoms with van der Waals surface area (Å²) in [5.74, 6) is 0. The summed E-state index contributed by atoms with van der Waals surface area (Å²) in [5, 5.41) is 0. The predicted octanol–water partition coefficient (Wildman–Crippen LogP) is -3.53. The summed E-state index contributed by atoms with van der Waals surface area (Å²) in [6.07, 6.45) is 0. The van der Waals surface area contributed by atoms with Gasteiger partial charge in [-0.05, 0) is 0 Å². The van der Waals surface area contributed by atoms with Gasteiger partial charge in [-0.2, -0.15) is 0 Å². The van der Waals surface area contributed by atoms with Crippen LogP contribution < -0.4 is 4.39 Å². The van der Waals surface area contributed by atoms with Crippen molar-refractivity contribution in [1.29, 1.82) is 0 Å². The second kappa shape index (κ2) is 1.87. The van der Waals surface area contributed by atoms with Crippen LogP contribution in [0.15, 0.2) is 0 Å². The first-order valence-electron chi connectivity index (χ1n) is 1.45. The summed E-state index contributed by atoms with van der Waals surface area (Å²) < 4.78 is 22.2. The maximum Gasteiger partial charge on any atom is 0.167 e. The normalized spacial score (nSPS) is 12.7. The monoisotopic (exact) mass is 141 g/mol. The molecule has 38 valence electrons. The Morgan fingerprint density at radius 3 is 1.67 bits per heavy atom. The van der Waals surface area contributed by atoms with E-state index in [1.165, 1.54) is 0 Å². The first kappa shape index (κ1) is 6.34. The van der Waals surface area contributed by atoms with Crippen LogP contribution in [0.1, 0.15) is 0 Å². The molecule has 0 aromatic heterocycles. The molecular weight excluding hydrogens is 134 g/mol. The van der Waals surface area contributed by atoms with Gasteiger partial charge >= 0.3 is 0 Å². The molecule has 0 aliphatic carbocycles. The van der Waals surface area contributed by atoms with Crippen molar-refractivity contribution in [3.05, 3.63) is 0 Å². The van der Waals surface area contributed by atoms with Crippen LogP contribution in [0.2, 0.25) is 0 Å². The van der Waals surface area contributed by atoms with Gasteiger partial charge in [0, 0.05) is 0 Å². The van der Waals surface area contributed by atoms with E-state index >= 15 is 0 Å². The molecule has 0 amide bonds. The van der Waals surface area contributed by atoms with Crippen LogP contribution in [0.25, 0.3) is 0 Å². The number of rotatable bonds is 1. The molecule has 0 aliphatic rings. The van der Waals surface area contributed by atoms with Gasteiger partial charge in [-0.1, -0.05) is 0 Å². The molecule has 6 heteroatoms. The van der Waals surface area contributed by atoms with Crippen LogP contribution in [0.5, 0.6) is 0 Å². The van der Waals surface area contributed by atoms with Crippen LogP contribution in [0, 0.1) is 0 Å². The van der Waals surface area contributed by atoms with Crippen LogP contribution >= 0.6 is 0 Å². The lowest BCUT2D eigenvalue weighted by molar-refractivity contribution is 0.607. The van der Waals surface area contributed by atoms with Crippen molar-refractivity contribution >= 4 is 29.3 Å². The quantitative estimate of drug-likeness (QED) is 0.385. The fourth-order valence-corrected chi connectivity index (χ4v) is 0. The van der Waals surface area contributed by atoms with E-state index in [1.807, 2.05) is 0 Å². The lowest BCUT2D eigenvalue weighted by atomic mass is 13.9. The smallest absolute Gasteiger partial charge is 0.167 e. The van der Waals surface area contributed by atoms with Gasteiger partial charge < -0.3 is 0 Å². The van der Waals surface area contributed by atoms with Crippen molar-refractivity contribution in [2.75, 3.05) is 0 Å². The van der Waals surface area contributed by atoms with Crippen molar-refractivity contribution < 1.29 is 8.42 Å². The molecule has 0 atom stereocenters. The molecule has 3 nitrogen and oxygen atoms in total. The van der Waals surface area contributed by atoms with Crippen molar-refractivity contribution in [3.63, 3.8) is 0 Å². The summed E-state index contributed by atoms with van der Waals surface area (Å²) in [4.78, 5) is 0. The number of hydrogen-bond donors (Lipinski definition) is 1. The summed E-state index contributed by atoms with van der Waals surface area (Å²) in [6, 6.07) is 0. The minimum absolute atomic E-state index is 0.225. The Balaban J connectivity index is 3.85. The Morgan fingerprint density at radius 2 is 1.67 bits per heavy atom. The van der Waals surface area contributed by atoms with Gasteiger partial charge in [0.25, 0.3) is 0 Å². The van der Waals surface area contributed by atoms with Gasteiger partial charge in [-0.25, -0.2) is 8.42 Å². The Hall–Kier alpha value is 0.344. The third-order valence-electron chi connectivity index (χ3n) is 0.371. The van der Waals surface area contributed by atoms with E-state index in [9.17, 15) is 8.42 Å². The molecule has 0 saturated carbocycles. The Bertz CT molecular complexity index is 114. The van der Waals surface area contributed by atoms with Gasteiger partial charge in [-0.3, -0.25) is 4.39 Å². The molecule has 0 rings (SSSR count). The first-order chi connectivity index (χ1) is 2.56. The summed E-state index contributed by atoms with van der Waals surface area (Å²) in [7, 11) is -1.94. The van der Waals surface area contributed by atoms with Crippen molar-refractivity contribution in [2.45, 2.75) is 0 Å². The fourth-order valence-electron chi connectivity index (χ4n) is 0. The van der Waals surface area contributed by atoms with E-state index in [2.05, 4.69) is 4.39 Å². The minimum atomic E-state index is -2.71. The highest BCUT2D eigenvalue weighted by molar-refractivity contribution is 8.11. The van der Waals surface area contributed by atoms with Crippen LogP contribution in [0.3, 0.4) is 0 Å². The van der Waals surface area contributed by atoms with E-state index in [1.54, 1.807) is 0 Å². The predicted molar refractivity (Wildman–Crippen MR) is 31.9 cm³/mol. The maximum atomic E-state index is 9.99. The Kier molecular flexibility index (Phi) is 1.98. The van der Waals surface area contributed by atoms with Crippen molar-refractivity contribution in [3.8, 4) is 0 Å². The molecule has 0 bridgehead atoms. The van der Waals surface area contributed by atoms with Gasteiger partial charge in [-0.15, -0.1) is 0 Å². The fraction of sp³-hybridized carbons (Fsp3) is 0. The number of nitrogens with one attached hydrogen (secondary N) is 1. The highest BCUT2D eigenvalue weighted by atomic mass is 32.4. The minimum Gasteiger partial charge on any atom is -0.254 e. The molecule has 0 fully saturated rings. The van der Waals surface area contributed by atoms with Gasteiger partial charge in [0.05, 0.1) is 10.4 Å². The molecule has 0 aliphatic heterocycles. The zero-order valence-electron chi connectivity index (χ0n) is 3.72. The summed E-state index contributed by atoms with van der Waals surface area (Å²) >= 11 is 0. The second-order valence-electron chi connectivity index (χ2n) is 0.976. The molecule has 0 heterocycles. The van der Waals surface area contributed by atoms with Crippen molar-refractivity contribution in [1.82, 2.24) is 4.39 Å². The van der Waals surface area contributed by atoms with Gasteiger partial charge in [0.15, 0.2) is 18.9 Å². The van der Waals surface area contributed by atoms with E-state index < -0.39 is 9.47 Å². The number of hydrogen-bond acceptors (Lipinski definition) is 2. The summed E-state index contributed by atoms with van der Waals surface area (Å²) in [5.41, 5.74) is 0. The SMILES string of the molecule is O=S(=O)([SiH3])N[SiH3]. The average molecular weight is 141 g/mol. The van der Waals surface area contributed by atoms with Crippen LogP contribution in [-0.4, -0.2) is 28.2 Å². The van der Waals surface area contributed by atoms with Gasteiger partial charge in [0.1, 0.15) is 0 Å². The topological polar surface area (TPSA) is 46.2 Å². The van der Waals surface area contributed by atoms with E-state index in [0.29, 0.717) is 10.4 Å². The molecule has 0 aromatic rings. The van der Waals surface area contributed by atoms with Crippen LogP contribution in [0.4, 0.5) is 0 Å². The van der Waals surface area contributed by atoms with Crippen molar-refractivity contribution in [2.24, 2.45) is 0 Å². The molecule has 0 radical (unpaired) electrons. The maximum absolute atomic E-state index is 9.99. The lowest BCUT2D eigenvalue weighted by Gasteiger charge is -1.86. The Morgan fingerprint density at radius 1 is 1.50 bits per heavy atom. The molecular formula is H7NO2SSi2. The zero-order chi connectivity index (χ0) is 5.21. The Labute approximate surface area is 42.8 Å². The molecule has 6 heavy (non-hydrogen) atoms. The third-order valence-corrected chi connectivity index (χ3v) is 7.01. The average Bonchev–Trinajstić information content (AvgIpc) is 1.35. The molecule has 0 aromatic carbocycles. The summed E-state index contributed by atoms with van der Waals surface area (Å²) in [6.45, 7) is 0. The lowest BCUT2D eigenvalue weighted by Crippen LogP contribution is -2.18. The largest absolute Gasteiger partial charge is 0.254 e. The molecule has 0 spiro atoms. The highest BCUT2D eigenvalue weighted by Gasteiger charge is 1.87. The first-order valence-corrected chi connectivity index (χ1v) is 6.79. The second-order valence-corrected chi connectivity index (χ2v) is 7.38. The molecule has 0 unspecified atom stereocenters. The van der Waals surface area contributed by atoms with E-state index in [4.69, 9.17) is 0 Å². The molecule has 0 saturated heterocycles. The zero-order valence-corrected chi connectivity index (χ0v) is 8.54.